The first-order valence-electron chi connectivity index (χ1n) is 11.6. The van der Waals surface area contributed by atoms with Gasteiger partial charge < -0.3 is 14.4 Å². The van der Waals surface area contributed by atoms with E-state index in [-0.39, 0.29) is 18.6 Å². The smallest absolute Gasteiger partial charge is 0.332 e. The molecule has 33 heavy (non-hydrogen) atoms. The number of anilines is 1. The van der Waals surface area contributed by atoms with Gasteiger partial charge >= 0.3 is 5.97 Å². The van der Waals surface area contributed by atoms with Gasteiger partial charge in [-0.25, -0.2) is 9.78 Å². The molecule has 0 saturated heterocycles. The number of benzene rings is 2. The highest BCUT2D eigenvalue weighted by Crippen LogP contribution is 2.30. The van der Waals surface area contributed by atoms with Crippen LogP contribution in [-0.4, -0.2) is 48.3 Å². The summed E-state index contributed by atoms with van der Waals surface area (Å²) in [6, 6.07) is 20.6. The van der Waals surface area contributed by atoms with Crippen molar-refractivity contribution in [2.24, 2.45) is 0 Å². The van der Waals surface area contributed by atoms with Gasteiger partial charge in [0.15, 0.2) is 0 Å². The number of carbonyl (C=O) groups excluding carboxylic acids is 1. The van der Waals surface area contributed by atoms with Crippen molar-refractivity contribution in [3.8, 4) is 22.5 Å². The van der Waals surface area contributed by atoms with Crippen LogP contribution in [0.2, 0.25) is 0 Å². The van der Waals surface area contributed by atoms with E-state index in [9.17, 15) is 4.79 Å². The minimum atomic E-state index is -0.316. The van der Waals surface area contributed by atoms with Crippen LogP contribution < -0.4 is 4.90 Å². The van der Waals surface area contributed by atoms with Crippen LogP contribution in [-0.2, 0) is 14.3 Å². The molecule has 1 heterocycles. The van der Waals surface area contributed by atoms with Gasteiger partial charge in [0.1, 0.15) is 12.4 Å². The third kappa shape index (κ3) is 7.12. The van der Waals surface area contributed by atoms with E-state index in [1.165, 1.54) is 0 Å². The molecule has 0 radical (unpaired) electrons. The minimum absolute atomic E-state index is 0.00853. The minimum Gasteiger partial charge on any atom is -0.464 e. The fourth-order valence-corrected chi connectivity index (χ4v) is 3.60. The zero-order valence-electron chi connectivity index (χ0n) is 19.7. The molecule has 0 bridgehead atoms. The first kappa shape index (κ1) is 24.4. The van der Waals surface area contributed by atoms with Gasteiger partial charge in [0.2, 0.25) is 0 Å². The Labute approximate surface area is 196 Å². The maximum atomic E-state index is 11.4. The summed E-state index contributed by atoms with van der Waals surface area (Å²) >= 11 is 0. The lowest BCUT2D eigenvalue weighted by molar-refractivity contribution is -0.148. The van der Waals surface area contributed by atoms with Crippen molar-refractivity contribution in [1.29, 1.82) is 0 Å². The van der Waals surface area contributed by atoms with Crippen molar-refractivity contribution < 1.29 is 14.3 Å². The molecule has 174 valence electrons. The molecule has 1 aromatic heterocycles. The number of aromatic nitrogens is 2. The van der Waals surface area contributed by atoms with Crippen molar-refractivity contribution in [3.05, 3.63) is 66.9 Å². The Morgan fingerprint density at radius 3 is 2.18 bits per heavy atom. The van der Waals surface area contributed by atoms with Crippen LogP contribution in [0.4, 0.5) is 5.82 Å². The summed E-state index contributed by atoms with van der Waals surface area (Å²) in [5.74, 6) is 0.541. The van der Waals surface area contributed by atoms with E-state index < -0.39 is 0 Å². The van der Waals surface area contributed by atoms with E-state index in [2.05, 4.69) is 43.0 Å². The Balaban J connectivity index is 1.74. The number of unbranched alkanes of at least 4 members (excludes halogenated alkanes) is 1. The van der Waals surface area contributed by atoms with Crippen LogP contribution in [0.3, 0.4) is 0 Å². The van der Waals surface area contributed by atoms with Crippen molar-refractivity contribution in [2.75, 3.05) is 31.3 Å². The predicted octanol–water partition coefficient (Wildman–Crippen LogP) is 5.39. The lowest BCUT2D eigenvalue weighted by atomic mass is 10.0. The molecule has 0 aliphatic heterocycles. The highest BCUT2D eigenvalue weighted by atomic mass is 16.7. The lowest BCUT2D eigenvalue weighted by Gasteiger charge is -2.28. The fourth-order valence-electron chi connectivity index (χ4n) is 3.60. The van der Waals surface area contributed by atoms with Crippen LogP contribution in [0.1, 0.15) is 33.6 Å². The fraction of sp³-hybridized carbons (Fsp3) is 0.370. The average molecular weight is 453 g/mol. The second kappa shape index (κ2) is 12.7. The van der Waals surface area contributed by atoms with Crippen LogP contribution in [0.25, 0.3) is 22.5 Å². The van der Waals surface area contributed by atoms with Crippen LogP contribution >= 0.6 is 0 Å². The molecule has 2 aromatic carbocycles. The highest BCUT2D eigenvalue weighted by molar-refractivity contribution is 5.78. The lowest BCUT2D eigenvalue weighted by Crippen LogP contribution is -2.33. The van der Waals surface area contributed by atoms with Crippen LogP contribution in [0.5, 0.6) is 0 Å². The second-order valence-electron chi connectivity index (χ2n) is 8.01. The molecule has 3 aromatic rings. The molecule has 0 N–H and O–H groups in total. The summed E-state index contributed by atoms with van der Waals surface area (Å²) in [4.78, 5) is 23.5. The van der Waals surface area contributed by atoms with Gasteiger partial charge in [-0.1, -0.05) is 60.7 Å². The molecule has 3 rings (SSSR count). The third-order valence-electron chi connectivity index (χ3n) is 5.23. The van der Waals surface area contributed by atoms with E-state index in [0.717, 1.165) is 47.7 Å². The van der Waals surface area contributed by atoms with E-state index in [1.807, 2.05) is 42.6 Å². The monoisotopic (exact) mass is 452 g/mol. The Hall–Kier alpha value is -3.25. The van der Waals surface area contributed by atoms with Gasteiger partial charge in [-0.05, 0) is 33.6 Å². The van der Waals surface area contributed by atoms with Gasteiger partial charge in [0.25, 0.3) is 0 Å². The molecule has 0 atom stereocenters. The molecule has 6 nitrogen and oxygen atoms in total. The van der Waals surface area contributed by atoms with E-state index >= 15 is 0 Å². The molecular weight excluding hydrogens is 419 g/mol. The van der Waals surface area contributed by atoms with Crippen LogP contribution in [0, 0.1) is 0 Å². The average Bonchev–Trinajstić information content (AvgIpc) is 2.84. The van der Waals surface area contributed by atoms with Gasteiger partial charge in [-0.3, -0.25) is 4.98 Å². The van der Waals surface area contributed by atoms with Gasteiger partial charge in [0.05, 0.1) is 24.2 Å². The molecule has 0 aliphatic carbocycles. The predicted molar refractivity (Wildman–Crippen MR) is 132 cm³/mol. The number of esters is 1. The third-order valence-corrected chi connectivity index (χ3v) is 5.23. The highest BCUT2D eigenvalue weighted by Gasteiger charge is 2.17. The largest absolute Gasteiger partial charge is 0.464 e. The number of nitrogens with zero attached hydrogens (tertiary/aromatic N) is 3. The Bertz CT molecular complexity index is 994. The van der Waals surface area contributed by atoms with Gasteiger partial charge in [0, 0.05) is 30.3 Å². The van der Waals surface area contributed by atoms with Crippen molar-refractivity contribution in [1.82, 2.24) is 9.97 Å². The van der Waals surface area contributed by atoms with Crippen molar-refractivity contribution in [3.63, 3.8) is 0 Å². The summed E-state index contributed by atoms with van der Waals surface area (Å²) in [6.07, 6.45) is 3.64. The summed E-state index contributed by atoms with van der Waals surface area (Å²) < 4.78 is 10.3. The number of hydrogen-bond donors (Lipinski definition) is 0. The molecule has 0 unspecified atom stereocenters. The zero-order chi connectivity index (χ0) is 23.5. The SMILES string of the molecule is CCO[13C](=O)[13CH2]OCCCCN(c1cnc(-c2ccccc2)c(-c2ccccc2)n1)[13CH]([13CH3])[13CH3]. The first-order chi connectivity index (χ1) is 16.1. The topological polar surface area (TPSA) is 64.6 Å². The van der Waals surface area contributed by atoms with E-state index in [0.29, 0.717) is 13.2 Å². The van der Waals surface area contributed by atoms with Gasteiger partial charge in [-0.15, -0.1) is 0 Å². The molecule has 0 fully saturated rings. The summed E-state index contributed by atoms with van der Waals surface area (Å²) in [5, 5.41) is 0. The Morgan fingerprint density at radius 1 is 0.939 bits per heavy atom. The Kier molecular flexibility index (Phi) is 9.39. The first-order valence-corrected chi connectivity index (χ1v) is 11.6. The zero-order valence-corrected chi connectivity index (χ0v) is 19.7. The molecular formula is C27H33N3O3. The molecule has 6 heteroatoms. The number of rotatable bonds is 12. The maximum Gasteiger partial charge on any atom is 0.332 e. The normalized spacial score (nSPS) is 10.9. The van der Waals surface area contributed by atoms with Crippen molar-refractivity contribution >= 4 is 11.8 Å². The van der Waals surface area contributed by atoms with E-state index in [1.54, 1.807) is 6.92 Å². The second-order valence-corrected chi connectivity index (χ2v) is 8.01. The van der Waals surface area contributed by atoms with Crippen LogP contribution in [0.15, 0.2) is 66.9 Å². The maximum absolute atomic E-state index is 11.4. The summed E-state index contributed by atoms with van der Waals surface area (Å²) in [7, 11) is 0. The number of hydrogen-bond acceptors (Lipinski definition) is 6. The molecule has 0 saturated carbocycles. The van der Waals surface area contributed by atoms with Crippen molar-refractivity contribution in [2.45, 2.75) is 39.7 Å². The molecule has 0 spiro atoms. The number of ether oxygens (including phenoxy) is 2. The Morgan fingerprint density at radius 2 is 1.58 bits per heavy atom. The molecule has 0 amide bonds. The summed E-state index contributed by atoms with van der Waals surface area (Å²) in [6.45, 7) is 7.84. The quantitative estimate of drug-likeness (QED) is 0.209. The summed E-state index contributed by atoms with van der Waals surface area (Å²) in [5.41, 5.74) is 3.84. The molecule has 0 aliphatic rings. The number of carbonyl (C=O) groups is 1. The van der Waals surface area contributed by atoms with Gasteiger partial charge in [-0.2, -0.15) is 0 Å². The van der Waals surface area contributed by atoms with E-state index in [4.69, 9.17) is 19.4 Å². The standard InChI is InChI=1S/C27H33N3O3/c1-4-33-25(31)20-32-18-12-11-17-30(21(2)3)24-19-28-26(22-13-7-5-8-14-22)27(29-24)23-15-9-6-10-16-23/h5-10,13-16,19,21H,4,11-12,17-18,20H2,1-3H3/i2+1,3+1,20+1,21+1,25+1.